The Hall–Kier alpha value is -1.51. The zero-order valence-electron chi connectivity index (χ0n) is 39.2. The van der Waals surface area contributed by atoms with Crippen molar-refractivity contribution in [2.45, 2.75) is 232 Å². The summed E-state index contributed by atoms with van der Waals surface area (Å²) >= 11 is 0. The average Bonchev–Trinajstić information content (AvgIpc) is 3.19. The molecule has 0 aromatic rings. The lowest BCUT2D eigenvalue weighted by atomic mass is 10.0. The van der Waals surface area contributed by atoms with Gasteiger partial charge >= 0.3 is 19.8 Å². The molecule has 2 atom stereocenters. The SMILES string of the molecule is CCCCC/C=C\CCCCCCCC(=O)OCC(COP(=O)(O)OCC[N+](C)(C)C)OC(=O)CCCCCCCCCCCCC/C=C\CCCCCCCCCC. The van der Waals surface area contributed by atoms with E-state index in [0.29, 0.717) is 17.4 Å². The summed E-state index contributed by atoms with van der Waals surface area (Å²) in [5.74, 6) is -0.803. The summed E-state index contributed by atoms with van der Waals surface area (Å²) in [7, 11) is 1.48. The van der Waals surface area contributed by atoms with Gasteiger partial charge in [-0.05, 0) is 64.2 Å². The molecule has 10 heteroatoms. The lowest BCUT2D eigenvalue weighted by molar-refractivity contribution is -0.870. The van der Waals surface area contributed by atoms with E-state index in [0.717, 1.165) is 51.4 Å². The molecule has 59 heavy (non-hydrogen) atoms. The van der Waals surface area contributed by atoms with Gasteiger partial charge in [0.25, 0.3) is 0 Å². The number of phosphoric ester groups is 1. The minimum Gasteiger partial charge on any atom is -0.462 e. The predicted molar refractivity (Wildman–Crippen MR) is 247 cm³/mol. The number of carbonyl (C=O) groups excluding carboxylic acids is 2. The number of unbranched alkanes of at least 4 members (excludes halogenated alkanes) is 27. The zero-order valence-corrected chi connectivity index (χ0v) is 40.1. The molecule has 0 bridgehead atoms. The van der Waals surface area contributed by atoms with Gasteiger partial charge < -0.3 is 18.9 Å². The molecule has 0 radical (unpaired) electrons. The molecule has 0 aromatic carbocycles. The van der Waals surface area contributed by atoms with Crippen molar-refractivity contribution in [2.75, 3.05) is 47.5 Å². The average molecular weight is 857 g/mol. The fourth-order valence-electron chi connectivity index (χ4n) is 6.83. The van der Waals surface area contributed by atoms with Crippen LogP contribution in [-0.4, -0.2) is 74.9 Å². The monoisotopic (exact) mass is 857 g/mol. The third-order valence-electron chi connectivity index (χ3n) is 10.7. The van der Waals surface area contributed by atoms with Gasteiger partial charge in [0.05, 0.1) is 27.7 Å². The van der Waals surface area contributed by atoms with Crippen LogP contribution >= 0.6 is 7.82 Å². The Kier molecular flexibility index (Phi) is 40.8. The largest absolute Gasteiger partial charge is 0.472 e. The van der Waals surface area contributed by atoms with E-state index < -0.39 is 26.5 Å². The predicted octanol–water partition coefficient (Wildman–Crippen LogP) is 14.3. The van der Waals surface area contributed by atoms with Crippen LogP contribution in [0.5, 0.6) is 0 Å². The molecule has 0 spiro atoms. The molecule has 0 heterocycles. The highest BCUT2D eigenvalue weighted by molar-refractivity contribution is 7.47. The lowest BCUT2D eigenvalue weighted by Gasteiger charge is -2.24. The Labute approximate surface area is 364 Å². The summed E-state index contributed by atoms with van der Waals surface area (Å²) < 4.78 is 34.4. The Morgan fingerprint density at radius 1 is 0.508 bits per heavy atom. The number of nitrogens with zero attached hydrogens (tertiary/aromatic N) is 1. The van der Waals surface area contributed by atoms with Crippen molar-refractivity contribution in [3.8, 4) is 0 Å². The molecule has 0 rings (SSSR count). The normalized spacial score (nSPS) is 13.7. The quantitative estimate of drug-likeness (QED) is 0.0212. The second kappa shape index (κ2) is 41.8. The van der Waals surface area contributed by atoms with Crippen molar-refractivity contribution in [2.24, 2.45) is 0 Å². The Morgan fingerprint density at radius 2 is 0.864 bits per heavy atom. The molecule has 0 fully saturated rings. The number of allylic oxidation sites excluding steroid dienone is 4. The third-order valence-corrected chi connectivity index (χ3v) is 11.7. The highest BCUT2D eigenvalue weighted by Crippen LogP contribution is 2.43. The van der Waals surface area contributed by atoms with E-state index in [9.17, 15) is 19.0 Å². The van der Waals surface area contributed by atoms with Crippen molar-refractivity contribution in [1.29, 1.82) is 0 Å². The number of hydrogen-bond acceptors (Lipinski definition) is 7. The van der Waals surface area contributed by atoms with Crippen LogP contribution in [0.15, 0.2) is 24.3 Å². The van der Waals surface area contributed by atoms with Gasteiger partial charge in [-0.25, -0.2) is 4.57 Å². The maximum absolute atomic E-state index is 12.7. The van der Waals surface area contributed by atoms with Crippen molar-refractivity contribution in [3.05, 3.63) is 24.3 Å². The third kappa shape index (κ3) is 45.8. The van der Waals surface area contributed by atoms with Crippen LogP contribution in [0.1, 0.15) is 226 Å². The number of hydrogen-bond donors (Lipinski definition) is 1. The van der Waals surface area contributed by atoms with Gasteiger partial charge in [0.2, 0.25) is 0 Å². The van der Waals surface area contributed by atoms with E-state index in [1.165, 1.54) is 141 Å². The molecule has 2 unspecified atom stereocenters. The van der Waals surface area contributed by atoms with Gasteiger partial charge in [0.15, 0.2) is 6.10 Å². The molecular formula is C49H95NO8P+. The molecule has 0 aliphatic heterocycles. The second-order valence-corrected chi connectivity index (χ2v) is 19.3. The van der Waals surface area contributed by atoms with Crippen LogP contribution in [-0.2, 0) is 32.7 Å². The molecule has 0 aliphatic rings. The van der Waals surface area contributed by atoms with Gasteiger partial charge in [0, 0.05) is 12.8 Å². The molecule has 9 nitrogen and oxygen atoms in total. The number of phosphoric acid groups is 1. The Bertz CT molecular complexity index is 1060. The number of carbonyl (C=O) groups is 2. The molecular weight excluding hydrogens is 762 g/mol. The van der Waals surface area contributed by atoms with E-state index in [1.54, 1.807) is 0 Å². The van der Waals surface area contributed by atoms with Crippen LogP contribution in [0.4, 0.5) is 0 Å². The minimum absolute atomic E-state index is 0.0318. The standard InChI is InChI=1S/C49H94NO8P/c1-6-8-10-12-14-16-18-20-21-22-23-24-25-26-27-28-29-30-32-34-36-38-40-42-49(52)58-47(46-57-59(53,54)56-44-43-50(3,4)5)45-55-48(51)41-39-37-35-33-31-19-17-15-13-11-9-7-2/h15,17,22-23,47H,6-14,16,18-21,24-46H2,1-5H3/p+1/b17-15-,23-22-. The topological polar surface area (TPSA) is 108 Å². The van der Waals surface area contributed by atoms with Crippen molar-refractivity contribution >= 4 is 19.8 Å². The van der Waals surface area contributed by atoms with Gasteiger partial charge in [-0.1, -0.05) is 173 Å². The fourth-order valence-corrected chi connectivity index (χ4v) is 7.57. The number of esters is 2. The van der Waals surface area contributed by atoms with E-state index in [1.807, 2.05) is 21.1 Å². The van der Waals surface area contributed by atoms with Crippen LogP contribution in [0.2, 0.25) is 0 Å². The number of likely N-dealkylation sites (N-methyl/N-ethyl adjacent to an activating group) is 1. The highest BCUT2D eigenvalue weighted by atomic mass is 31.2. The number of rotatable bonds is 45. The van der Waals surface area contributed by atoms with E-state index >= 15 is 0 Å². The molecule has 0 aliphatic carbocycles. The summed E-state index contributed by atoms with van der Waals surface area (Å²) in [5.41, 5.74) is 0. The fraction of sp³-hybridized carbons (Fsp3) is 0.878. The van der Waals surface area contributed by atoms with E-state index in [4.69, 9.17) is 18.5 Å². The highest BCUT2D eigenvalue weighted by Gasteiger charge is 2.27. The van der Waals surface area contributed by atoms with E-state index in [2.05, 4.69) is 38.2 Å². The van der Waals surface area contributed by atoms with Gasteiger partial charge in [0.1, 0.15) is 19.8 Å². The van der Waals surface area contributed by atoms with E-state index in [-0.39, 0.29) is 32.0 Å². The first-order valence-corrected chi connectivity index (χ1v) is 26.1. The molecule has 0 saturated carbocycles. The summed E-state index contributed by atoms with van der Waals surface area (Å²) in [5, 5.41) is 0. The lowest BCUT2D eigenvalue weighted by Crippen LogP contribution is -2.37. The molecule has 0 amide bonds. The Morgan fingerprint density at radius 3 is 1.29 bits per heavy atom. The molecule has 0 aromatic heterocycles. The van der Waals surface area contributed by atoms with Gasteiger partial charge in [-0.2, -0.15) is 0 Å². The molecule has 348 valence electrons. The van der Waals surface area contributed by atoms with Crippen LogP contribution in [0.3, 0.4) is 0 Å². The van der Waals surface area contributed by atoms with Crippen molar-refractivity contribution < 1.29 is 42.1 Å². The first-order valence-electron chi connectivity index (χ1n) is 24.6. The number of quaternary nitrogens is 1. The summed E-state index contributed by atoms with van der Waals surface area (Å²) in [6.07, 6.45) is 46.6. The van der Waals surface area contributed by atoms with Crippen LogP contribution < -0.4 is 0 Å². The Balaban J connectivity index is 4.20. The summed E-state index contributed by atoms with van der Waals surface area (Å²) in [6, 6.07) is 0. The first-order chi connectivity index (χ1) is 28.5. The first kappa shape index (κ1) is 57.5. The maximum atomic E-state index is 12.7. The number of ether oxygens (including phenoxy) is 2. The second-order valence-electron chi connectivity index (χ2n) is 17.8. The zero-order chi connectivity index (χ0) is 43.6. The molecule has 1 N–H and O–H groups in total. The van der Waals surface area contributed by atoms with Crippen LogP contribution in [0, 0.1) is 0 Å². The van der Waals surface area contributed by atoms with Gasteiger partial charge in [-0.3, -0.25) is 18.6 Å². The smallest absolute Gasteiger partial charge is 0.462 e. The minimum atomic E-state index is -4.37. The maximum Gasteiger partial charge on any atom is 0.472 e. The van der Waals surface area contributed by atoms with Gasteiger partial charge in [-0.15, -0.1) is 0 Å². The summed E-state index contributed by atoms with van der Waals surface area (Å²) in [4.78, 5) is 35.4. The summed E-state index contributed by atoms with van der Waals surface area (Å²) in [6.45, 7) is 4.41. The van der Waals surface area contributed by atoms with Crippen LogP contribution in [0.25, 0.3) is 0 Å². The van der Waals surface area contributed by atoms with Crippen molar-refractivity contribution in [3.63, 3.8) is 0 Å². The van der Waals surface area contributed by atoms with Crippen molar-refractivity contribution in [1.82, 2.24) is 0 Å². The molecule has 0 saturated heterocycles.